The minimum Gasteiger partial charge on any atom is -0.456 e. The maximum atomic E-state index is 13.8. The van der Waals surface area contributed by atoms with Gasteiger partial charge in [0.2, 0.25) is 0 Å². The second-order valence-electron chi connectivity index (χ2n) is 12.0. The summed E-state index contributed by atoms with van der Waals surface area (Å²) in [5.41, 5.74) is 2.54. The number of aromatic nitrogens is 1. The number of unbranched alkanes of at least 4 members (excludes halogenated alkanes) is 3. The number of hydrogen-bond donors (Lipinski definition) is 5. The Kier molecular flexibility index (Phi) is 16.5. The van der Waals surface area contributed by atoms with Gasteiger partial charge in [0, 0.05) is 29.2 Å². The van der Waals surface area contributed by atoms with Gasteiger partial charge in [-0.2, -0.15) is 0 Å². The van der Waals surface area contributed by atoms with E-state index in [-0.39, 0.29) is 18.8 Å². The lowest BCUT2D eigenvalue weighted by molar-refractivity contribution is -0.164. The van der Waals surface area contributed by atoms with Crippen LogP contribution in [0.15, 0.2) is 58.6 Å². The summed E-state index contributed by atoms with van der Waals surface area (Å²) in [6, 6.07) is 0. The summed E-state index contributed by atoms with van der Waals surface area (Å²) in [5.74, 6) is -1.71. The smallest absolute Gasteiger partial charge is 0.334 e. The summed E-state index contributed by atoms with van der Waals surface area (Å²) in [5, 5.41) is 57.1. The van der Waals surface area contributed by atoms with Crippen molar-refractivity contribution < 1.29 is 35.1 Å². The monoisotopic (exact) mass is 631 g/mol. The minimum atomic E-state index is -1.48. The number of ether oxygens (including phenoxy) is 1. The van der Waals surface area contributed by atoms with E-state index in [1.165, 1.54) is 11.3 Å². The Bertz CT molecular complexity index is 1180. The Hall–Kier alpha value is -2.40. The predicted octanol–water partition coefficient (Wildman–Crippen LogP) is 5.77. The Morgan fingerprint density at radius 3 is 2.55 bits per heavy atom. The second-order valence-corrected chi connectivity index (χ2v) is 12.8. The number of thiazole rings is 1. The lowest BCUT2D eigenvalue weighted by Gasteiger charge is -2.34. The lowest BCUT2D eigenvalue weighted by Crippen LogP contribution is -2.47. The highest BCUT2D eigenvalue weighted by molar-refractivity contribution is 7.09. The van der Waals surface area contributed by atoms with Crippen molar-refractivity contribution in [3.8, 4) is 0 Å². The quantitative estimate of drug-likeness (QED) is 0.131. The normalized spacial score (nSPS) is 30.6. The van der Waals surface area contributed by atoms with Gasteiger partial charge in [0.15, 0.2) is 0 Å². The summed E-state index contributed by atoms with van der Waals surface area (Å²) >= 11 is 1.37. The van der Waals surface area contributed by atoms with Gasteiger partial charge in [-0.25, -0.2) is 9.78 Å². The van der Waals surface area contributed by atoms with E-state index in [0.717, 1.165) is 31.3 Å². The van der Waals surface area contributed by atoms with Gasteiger partial charge in [0.1, 0.15) is 12.2 Å². The molecular formula is C35H53NO7S. The van der Waals surface area contributed by atoms with Crippen molar-refractivity contribution in [2.45, 2.75) is 129 Å². The first kappa shape index (κ1) is 37.8. The van der Waals surface area contributed by atoms with Crippen molar-refractivity contribution in [2.75, 3.05) is 0 Å². The van der Waals surface area contributed by atoms with Crippen LogP contribution < -0.4 is 0 Å². The van der Waals surface area contributed by atoms with Crippen LogP contribution in [0.1, 0.15) is 103 Å². The molecule has 9 heteroatoms. The topological polar surface area (TPSA) is 140 Å². The largest absolute Gasteiger partial charge is 0.456 e. The number of carbonyl (C=O) groups excluding carboxylic acids is 1. The van der Waals surface area contributed by atoms with Crippen molar-refractivity contribution >= 4 is 23.4 Å². The van der Waals surface area contributed by atoms with E-state index in [2.05, 4.69) is 11.9 Å². The fraction of sp³-hybridized carbons (Fsp3) is 0.600. The van der Waals surface area contributed by atoms with Crippen LogP contribution in [0.2, 0.25) is 0 Å². The van der Waals surface area contributed by atoms with Crippen LogP contribution in [0, 0.1) is 5.92 Å². The van der Waals surface area contributed by atoms with Gasteiger partial charge in [-0.1, -0.05) is 82.1 Å². The van der Waals surface area contributed by atoms with Gasteiger partial charge in [-0.15, -0.1) is 11.3 Å². The van der Waals surface area contributed by atoms with Crippen molar-refractivity contribution in [3.05, 3.63) is 69.3 Å². The molecule has 5 N–H and O–H groups in total. The number of carbonyl (C=O) groups is 1. The van der Waals surface area contributed by atoms with E-state index in [1.807, 2.05) is 38.3 Å². The molecule has 8 nitrogen and oxygen atoms in total. The molecule has 2 rings (SSSR count). The first-order chi connectivity index (χ1) is 20.9. The fourth-order valence-corrected chi connectivity index (χ4v) is 5.97. The van der Waals surface area contributed by atoms with Gasteiger partial charge in [0.05, 0.1) is 35.1 Å². The Balaban J connectivity index is 2.55. The Labute approximate surface area is 267 Å². The van der Waals surface area contributed by atoms with Crippen LogP contribution in [0.4, 0.5) is 0 Å². The zero-order chi connectivity index (χ0) is 32.8. The first-order valence-corrected chi connectivity index (χ1v) is 16.7. The number of hydrogen-bond acceptors (Lipinski definition) is 9. The van der Waals surface area contributed by atoms with Gasteiger partial charge >= 0.3 is 5.97 Å². The summed E-state index contributed by atoms with van der Waals surface area (Å²) in [6.07, 6.45) is 9.51. The van der Waals surface area contributed by atoms with Crippen LogP contribution in [-0.2, 0) is 9.53 Å². The second kappa shape index (κ2) is 19.2. The van der Waals surface area contributed by atoms with Crippen molar-refractivity contribution in [1.82, 2.24) is 4.98 Å². The molecule has 0 saturated heterocycles. The SMILES string of the molecule is C/C=C(C)/C=C(\C)[C@@H](O)[C@H](C)[C@@H]1OC(=O)/C(CCCCCC)=C\c2csc(n2)[C@@H](C)[C@H](O)C[C@@H](O)/C=C\C=C/C[C@@H](O)[C@@H]1O. The first-order valence-electron chi connectivity index (χ1n) is 15.8. The number of cyclic esters (lactones) is 1. The maximum absolute atomic E-state index is 13.8. The molecule has 1 aliphatic heterocycles. The average molecular weight is 632 g/mol. The predicted molar refractivity (Wildman–Crippen MR) is 177 cm³/mol. The van der Waals surface area contributed by atoms with Crippen molar-refractivity contribution in [3.63, 3.8) is 0 Å². The van der Waals surface area contributed by atoms with E-state index in [0.29, 0.717) is 28.3 Å². The standard InChI is InChI=1S/C35H53NO7S/c1-7-9-10-12-15-26-19-27-21-44-34(36-27)24(5)30(39)20-28(37)16-13-11-14-17-29(38)32(41)33(43-35(26)42)25(6)31(40)23(4)18-22(3)8-2/h8,11,13-14,16,18-19,21,24-25,28-33,37-41H,7,9-10,12,15,17,20H2,1-6H3/b14-11-,16-13-,22-8+,23-18+,26-19-/t24-,25-,28-,29+,30+,31+,32-,33-/m0/s1. The third-order valence-corrected chi connectivity index (χ3v) is 9.26. The molecule has 1 aliphatic rings. The maximum Gasteiger partial charge on any atom is 0.334 e. The average Bonchev–Trinajstić information content (AvgIpc) is 3.47. The molecule has 0 aliphatic carbocycles. The molecule has 0 radical (unpaired) electrons. The van der Waals surface area contributed by atoms with Gasteiger partial charge < -0.3 is 30.3 Å². The molecule has 2 bridgehead atoms. The van der Waals surface area contributed by atoms with E-state index < -0.39 is 48.5 Å². The van der Waals surface area contributed by atoms with Crippen molar-refractivity contribution in [2.24, 2.45) is 5.92 Å². The van der Waals surface area contributed by atoms with Crippen LogP contribution in [0.5, 0.6) is 0 Å². The van der Waals surface area contributed by atoms with E-state index in [1.54, 1.807) is 44.2 Å². The van der Waals surface area contributed by atoms with E-state index in [4.69, 9.17) is 4.74 Å². The molecule has 2 heterocycles. The van der Waals surface area contributed by atoms with Crippen LogP contribution >= 0.6 is 11.3 Å². The zero-order valence-corrected chi connectivity index (χ0v) is 27.9. The Morgan fingerprint density at radius 1 is 1.14 bits per heavy atom. The summed E-state index contributed by atoms with van der Waals surface area (Å²) in [4.78, 5) is 18.4. The zero-order valence-electron chi connectivity index (χ0n) is 27.1. The molecule has 0 unspecified atom stereocenters. The minimum absolute atomic E-state index is 0.0473. The molecule has 8 atom stereocenters. The molecule has 0 spiro atoms. The number of aliphatic hydroxyl groups is 5. The number of fused-ring (bicyclic) bond motifs is 2. The highest BCUT2D eigenvalue weighted by Gasteiger charge is 2.38. The van der Waals surface area contributed by atoms with Gasteiger partial charge in [-0.05, 0) is 51.7 Å². The molecule has 0 saturated carbocycles. The molecular weight excluding hydrogens is 578 g/mol. The summed E-state index contributed by atoms with van der Waals surface area (Å²) in [6.45, 7) is 11.3. The third kappa shape index (κ3) is 11.8. The number of aliphatic hydroxyl groups excluding tert-OH is 5. The van der Waals surface area contributed by atoms with E-state index in [9.17, 15) is 30.3 Å². The molecule has 0 amide bonds. The number of rotatable bonds is 9. The van der Waals surface area contributed by atoms with Crippen LogP contribution in [-0.4, -0.2) is 73.1 Å². The molecule has 1 aromatic heterocycles. The molecule has 246 valence electrons. The highest BCUT2D eigenvalue weighted by atomic mass is 32.1. The molecule has 44 heavy (non-hydrogen) atoms. The van der Waals surface area contributed by atoms with E-state index >= 15 is 0 Å². The fourth-order valence-electron chi connectivity index (χ4n) is 5.08. The molecule has 1 aromatic rings. The lowest BCUT2D eigenvalue weighted by atomic mass is 9.87. The summed E-state index contributed by atoms with van der Waals surface area (Å²) < 4.78 is 5.98. The van der Waals surface area contributed by atoms with Crippen molar-refractivity contribution in [1.29, 1.82) is 0 Å². The number of nitrogens with zero attached hydrogens (tertiary/aromatic N) is 1. The third-order valence-electron chi connectivity index (χ3n) is 8.20. The number of allylic oxidation sites excluding steroid dienone is 5. The molecule has 0 aromatic carbocycles. The van der Waals surface area contributed by atoms with Gasteiger partial charge in [0.25, 0.3) is 0 Å². The Morgan fingerprint density at radius 2 is 1.86 bits per heavy atom. The highest BCUT2D eigenvalue weighted by Crippen LogP contribution is 2.29. The van der Waals surface area contributed by atoms with Gasteiger partial charge in [-0.3, -0.25) is 0 Å². The van der Waals surface area contributed by atoms with Crippen LogP contribution in [0.25, 0.3) is 6.08 Å². The summed E-state index contributed by atoms with van der Waals surface area (Å²) in [7, 11) is 0. The van der Waals surface area contributed by atoms with Crippen LogP contribution in [0.3, 0.4) is 0 Å². The molecule has 0 fully saturated rings. The number of esters is 1.